The van der Waals surface area contributed by atoms with Gasteiger partial charge in [0.1, 0.15) is 11.5 Å². The number of fused-ring (bicyclic) bond motifs is 1. The van der Waals surface area contributed by atoms with Crippen molar-refractivity contribution in [1.82, 2.24) is 0 Å². The van der Waals surface area contributed by atoms with Gasteiger partial charge in [0.2, 0.25) is 0 Å². The van der Waals surface area contributed by atoms with Gasteiger partial charge in [0.05, 0.1) is 12.5 Å². The molecule has 21 heavy (non-hydrogen) atoms. The van der Waals surface area contributed by atoms with E-state index in [1.165, 1.54) is 33.4 Å². The zero-order valence-corrected chi connectivity index (χ0v) is 12.1. The Kier molecular flexibility index (Phi) is 2.64. The van der Waals surface area contributed by atoms with Gasteiger partial charge < -0.3 is 8.83 Å². The summed E-state index contributed by atoms with van der Waals surface area (Å²) < 4.78 is 11.3. The molecule has 2 nitrogen and oxygen atoms in total. The Balaban J connectivity index is 1.81. The van der Waals surface area contributed by atoms with Crippen LogP contribution < -0.4 is 0 Å². The van der Waals surface area contributed by atoms with E-state index in [0.717, 1.165) is 17.9 Å². The summed E-state index contributed by atoms with van der Waals surface area (Å²) in [6.45, 7) is 4.17. The second-order valence-electron chi connectivity index (χ2n) is 5.59. The van der Waals surface area contributed by atoms with Crippen molar-refractivity contribution >= 4 is 11.6 Å². The summed E-state index contributed by atoms with van der Waals surface area (Å²) in [5.41, 5.74) is 7.36. The Bertz CT molecular complexity index is 846. The summed E-state index contributed by atoms with van der Waals surface area (Å²) in [4.78, 5) is 0. The molecular formula is C19H16O2. The molecule has 0 atom stereocenters. The van der Waals surface area contributed by atoms with Crippen molar-refractivity contribution in [2.24, 2.45) is 0 Å². The van der Waals surface area contributed by atoms with Crippen molar-refractivity contribution in [3.63, 3.8) is 0 Å². The van der Waals surface area contributed by atoms with Gasteiger partial charge in [-0.05, 0) is 54.3 Å². The molecule has 0 aliphatic heterocycles. The van der Waals surface area contributed by atoms with Crippen LogP contribution in [-0.4, -0.2) is 0 Å². The van der Waals surface area contributed by atoms with E-state index in [9.17, 15) is 0 Å². The summed E-state index contributed by atoms with van der Waals surface area (Å²) in [5.74, 6) is 1.96. The minimum absolute atomic E-state index is 0.889. The zero-order chi connectivity index (χ0) is 14.4. The molecule has 0 bridgehead atoms. The number of hydrogen-bond donors (Lipinski definition) is 0. The fraction of sp³-hybridized carbons (Fsp3) is 0.158. The molecule has 2 heterocycles. The fourth-order valence-electron chi connectivity index (χ4n) is 3.08. The third kappa shape index (κ3) is 1.87. The predicted molar refractivity (Wildman–Crippen MR) is 83.9 cm³/mol. The first-order chi connectivity index (χ1) is 10.2. The van der Waals surface area contributed by atoms with Gasteiger partial charge in [-0.15, -0.1) is 0 Å². The Morgan fingerprint density at radius 1 is 0.857 bits per heavy atom. The molecule has 4 rings (SSSR count). The van der Waals surface area contributed by atoms with Crippen LogP contribution in [0.1, 0.15) is 28.0 Å². The van der Waals surface area contributed by atoms with Crippen molar-refractivity contribution in [2.45, 2.75) is 20.3 Å². The third-order valence-corrected chi connectivity index (χ3v) is 4.17. The molecule has 2 heteroatoms. The molecular weight excluding hydrogens is 260 g/mol. The normalized spacial score (nSPS) is 13.3. The van der Waals surface area contributed by atoms with E-state index in [-0.39, 0.29) is 0 Å². The van der Waals surface area contributed by atoms with Crippen LogP contribution in [0.25, 0.3) is 23.0 Å². The Morgan fingerprint density at radius 2 is 1.57 bits per heavy atom. The van der Waals surface area contributed by atoms with Crippen molar-refractivity contribution < 1.29 is 8.83 Å². The number of benzene rings is 1. The second-order valence-corrected chi connectivity index (χ2v) is 5.59. The van der Waals surface area contributed by atoms with Crippen LogP contribution >= 0.6 is 0 Å². The third-order valence-electron chi connectivity index (χ3n) is 4.17. The monoisotopic (exact) mass is 276 g/mol. The van der Waals surface area contributed by atoms with Gasteiger partial charge in [-0.2, -0.15) is 0 Å². The first-order valence-corrected chi connectivity index (χ1v) is 7.15. The smallest absolute Gasteiger partial charge is 0.137 e. The molecule has 0 unspecified atom stereocenters. The lowest BCUT2D eigenvalue weighted by Gasteiger charge is -2.07. The minimum atomic E-state index is 0.889. The maximum absolute atomic E-state index is 5.68. The highest BCUT2D eigenvalue weighted by atomic mass is 16.3. The lowest BCUT2D eigenvalue weighted by atomic mass is 9.98. The Labute approximate surface area is 123 Å². The standard InChI is InChI=1S/C19H16O2/c1-12-6-8-20-18(12)15-10-14-4-3-5-16(17(14)11-15)19-13(2)7-9-21-19/h3-10H,11H2,1-2H3. The highest BCUT2D eigenvalue weighted by Crippen LogP contribution is 2.39. The van der Waals surface area contributed by atoms with E-state index in [0.29, 0.717) is 0 Å². The lowest BCUT2D eigenvalue weighted by molar-refractivity contribution is 0.550. The molecule has 0 amide bonds. The molecule has 0 radical (unpaired) electrons. The fourth-order valence-corrected chi connectivity index (χ4v) is 3.08. The lowest BCUT2D eigenvalue weighted by Crippen LogP contribution is -1.91. The van der Waals surface area contributed by atoms with Gasteiger partial charge in [-0.25, -0.2) is 0 Å². The van der Waals surface area contributed by atoms with Gasteiger partial charge in [0, 0.05) is 17.6 Å². The van der Waals surface area contributed by atoms with Crippen molar-refractivity contribution in [1.29, 1.82) is 0 Å². The summed E-state index contributed by atoms with van der Waals surface area (Å²) in [7, 11) is 0. The molecule has 0 saturated heterocycles. The summed E-state index contributed by atoms with van der Waals surface area (Å²) in [6.07, 6.45) is 6.62. The van der Waals surface area contributed by atoms with Crippen LogP contribution in [0.2, 0.25) is 0 Å². The molecule has 0 fully saturated rings. The molecule has 3 aromatic rings. The number of allylic oxidation sites excluding steroid dienone is 1. The maximum atomic E-state index is 5.68. The van der Waals surface area contributed by atoms with Crippen molar-refractivity contribution in [2.75, 3.05) is 0 Å². The maximum Gasteiger partial charge on any atom is 0.137 e. The van der Waals surface area contributed by atoms with Gasteiger partial charge >= 0.3 is 0 Å². The zero-order valence-electron chi connectivity index (χ0n) is 12.1. The quantitative estimate of drug-likeness (QED) is 0.638. The molecule has 1 aliphatic carbocycles. The van der Waals surface area contributed by atoms with Crippen LogP contribution in [0, 0.1) is 13.8 Å². The van der Waals surface area contributed by atoms with E-state index in [2.05, 4.69) is 38.1 Å². The van der Waals surface area contributed by atoms with E-state index >= 15 is 0 Å². The van der Waals surface area contributed by atoms with E-state index in [4.69, 9.17) is 8.83 Å². The topological polar surface area (TPSA) is 26.3 Å². The van der Waals surface area contributed by atoms with Crippen LogP contribution in [0.4, 0.5) is 0 Å². The number of furan rings is 2. The van der Waals surface area contributed by atoms with E-state index in [1.54, 1.807) is 12.5 Å². The van der Waals surface area contributed by atoms with Gasteiger partial charge in [0.25, 0.3) is 0 Å². The molecule has 0 spiro atoms. The molecule has 2 aromatic heterocycles. The highest BCUT2D eigenvalue weighted by Gasteiger charge is 2.22. The molecule has 0 saturated carbocycles. The second kappa shape index (κ2) is 4.52. The van der Waals surface area contributed by atoms with Crippen LogP contribution in [-0.2, 0) is 6.42 Å². The van der Waals surface area contributed by atoms with Crippen molar-refractivity contribution in [3.8, 4) is 11.3 Å². The molecule has 0 N–H and O–H groups in total. The largest absolute Gasteiger partial charge is 0.464 e. The molecule has 1 aliphatic rings. The first-order valence-electron chi connectivity index (χ1n) is 7.15. The van der Waals surface area contributed by atoms with Gasteiger partial charge in [-0.1, -0.05) is 18.2 Å². The number of aryl methyl sites for hydroxylation is 2. The number of rotatable bonds is 2. The van der Waals surface area contributed by atoms with Crippen LogP contribution in [0.5, 0.6) is 0 Å². The Morgan fingerprint density at radius 3 is 2.24 bits per heavy atom. The summed E-state index contributed by atoms with van der Waals surface area (Å²) in [5, 5.41) is 0. The predicted octanol–water partition coefficient (Wildman–Crippen LogP) is 5.25. The summed E-state index contributed by atoms with van der Waals surface area (Å²) >= 11 is 0. The van der Waals surface area contributed by atoms with Gasteiger partial charge in [0.15, 0.2) is 0 Å². The van der Waals surface area contributed by atoms with Gasteiger partial charge in [-0.3, -0.25) is 0 Å². The molecule has 1 aromatic carbocycles. The van der Waals surface area contributed by atoms with Crippen LogP contribution in [0.15, 0.2) is 51.7 Å². The minimum Gasteiger partial charge on any atom is -0.464 e. The number of hydrogen-bond acceptors (Lipinski definition) is 2. The van der Waals surface area contributed by atoms with E-state index in [1.807, 2.05) is 12.1 Å². The summed E-state index contributed by atoms with van der Waals surface area (Å²) in [6, 6.07) is 10.4. The first kappa shape index (κ1) is 12.3. The highest BCUT2D eigenvalue weighted by molar-refractivity contribution is 5.91. The SMILES string of the molecule is Cc1ccoc1C1=Cc2cccc(-c3occc3C)c2C1. The Hall–Kier alpha value is -2.48. The molecule has 104 valence electrons. The average Bonchev–Trinajstić information content (AvgIpc) is 3.16. The van der Waals surface area contributed by atoms with E-state index < -0.39 is 0 Å². The van der Waals surface area contributed by atoms with Crippen LogP contribution in [0.3, 0.4) is 0 Å². The average molecular weight is 276 g/mol. The van der Waals surface area contributed by atoms with Crippen molar-refractivity contribution in [3.05, 3.63) is 70.9 Å².